The summed E-state index contributed by atoms with van der Waals surface area (Å²) in [6.07, 6.45) is 0.963. The van der Waals surface area contributed by atoms with Gasteiger partial charge in [0.15, 0.2) is 0 Å². The highest BCUT2D eigenvalue weighted by Gasteiger charge is 2.24. The van der Waals surface area contributed by atoms with Gasteiger partial charge < -0.3 is 10.2 Å². The number of hydrogen-bond donors (Lipinski definition) is 1. The molecule has 0 unspecified atom stereocenters. The van der Waals surface area contributed by atoms with Crippen molar-refractivity contribution in [2.75, 3.05) is 18.4 Å². The number of hydrogen-bond acceptors (Lipinski definition) is 4. The number of rotatable bonds is 2. The van der Waals surface area contributed by atoms with Crippen LogP contribution in [0.25, 0.3) is 0 Å². The monoisotopic (exact) mass is 388 g/mol. The van der Waals surface area contributed by atoms with Gasteiger partial charge >= 0.3 is 0 Å². The molecule has 2 amide bonds. The second-order valence-corrected chi connectivity index (χ2v) is 7.02. The van der Waals surface area contributed by atoms with E-state index in [4.69, 9.17) is 11.6 Å². The van der Waals surface area contributed by atoms with Gasteiger partial charge in [-0.2, -0.15) is 0 Å². The van der Waals surface area contributed by atoms with E-state index in [0.717, 1.165) is 5.69 Å². The number of nitrogens with one attached hydrogen (secondary N) is 1. The minimum absolute atomic E-state index is 0.0579. The Balaban J connectivity index is 1.86. The smallest absolute Gasteiger partial charge is 0.256 e. The fraction of sp³-hybridized carbons (Fsp3) is 0.368. The Hall–Kier alpha value is -2.67. The Morgan fingerprint density at radius 1 is 1.22 bits per heavy atom. The Labute approximate surface area is 162 Å². The highest BCUT2D eigenvalue weighted by molar-refractivity contribution is 6.34. The lowest BCUT2D eigenvalue weighted by Crippen LogP contribution is -2.33. The molecule has 1 aliphatic heterocycles. The molecule has 3 rings (SSSR count). The third kappa shape index (κ3) is 3.88. The van der Waals surface area contributed by atoms with Crippen molar-refractivity contribution in [3.05, 3.63) is 56.2 Å². The topological polar surface area (TPSA) is 84.3 Å². The van der Waals surface area contributed by atoms with Crippen LogP contribution in [-0.4, -0.2) is 39.4 Å². The van der Waals surface area contributed by atoms with Gasteiger partial charge in [0.1, 0.15) is 5.82 Å². The lowest BCUT2D eigenvalue weighted by molar-refractivity contribution is -0.114. The maximum atomic E-state index is 13.0. The average Bonchev–Trinajstić information content (AvgIpc) is 2.83. The number of aromatic nitrogens is 2. The number of amides is 2. The van der Waals surface area contributed by atoms with Crippen LogP contribution in [0.1, 0.15) is 34.4 Å². The first kappa shape index (κ1) is 19.1. The largest absolute Gasteiger partial charge is 0.338 e. The third-order valence-corrected chi connectivity index (χ3v) is 5.08. The molecule has 1 aliphatic rings. The second kappa shape index (κ2) is 7.52. The van der Waals surface area contributed by atoms with Crippen molar-refractivity contribution in [3.8, 4) is 0 Å². The van der Waals surface area contributed by atoms with Crippen LogP contribution in [0.3, 0.4) is 0 Å². The van der Waals surface area contributed by atoms with Crippen molar-refractivity contribution in [2.45, 2.75) is 26.7 Å². The Bertz CT molecular complexity index is 984. The number of carbonyl (C=O) groups is 2. The normalized spacial score (nSPS) is 13.7. The molecule has 142 valence electrons. The van der Waals surface area contributed by atoms with E-state index >= 15 is 0 Å². The molecular formula is C19H21ClN4O3. The molecule has 1 aromatic heterocycles. The summed E-state index contributed by atoms with van der Waals surface area (Å²) in [5.74, 6) is 0.205. The van der Waals surface area contributed by atoms with Crippen molar-refractivity contribution >= 4 is 29.1 Å². The fourth-order valence-corrected chi connectivity index (χ4v) is 3.41. The van der Waals surface area contributed by atoms with Crippen LogP contribution in [0.15, 0.2) is 23.0 Å². The van der Waals surface area contributed by atoms with E-state index in [1.165, 1.54) is 11.5 Å². The lowest BCUT2D eigenvalue weighted by atomic mass is 10.1. The van der Waals surface area contributed by atoms with Gasteiger partial charge in [-0.25, -0.2) is 4.98 Å². The summed E-state index contributed by atoms with van der Waals surface area (Å²) in [4.78, 5) is 43.0. The van der Waals surface area contributed by atoms with Crippen molar-refractivity contribution in [1.82, 2.24) is 14.5 Å². The fourth-order valence-electron chi connectivity index (χ4n) is 3.21. The SMILES string of the molecule is CC(=O)Nc1ccc(Cl)c(C(=O)N2CCc3nc(C)n(C)c(=O)c3CC2)c1. The standard InChI is InChI=1S/C19H21ClN4O3/c1-11-21-17-7-9-24(8-6-14(17)18(26)23(11)3)19(27)15-10-13(22-12(2)25)4-5-16(15)20/h4-5,10H,6-9H2,1-3H3,(H,22,25). The van der Waals surface area contributed by atoms with E-state index in [-0.39, 0.29) is 17.4 Å². The van der Waals surface area contributed by atoms with Crippen LogP contribution >= 0.6 is 11.6 Å². The Kier molecular flexibility index (Phi) is 5.32. The lowest BCUT2D eigenvalue weighted by Gasteiger charge is -2.21. The Morgan fingerprint density at radius 3 is 2.63 bits per heavy atom. The van der Waals surface area contributed by atoms with Crippen LogP contribution in [-0.2, 0) is 24.7 Å². The number of benzene rings is 1. The van der Waals surface area contributed by atoms with Gasteiger partial charge in [-0.15, -0.1) is 0 Å². The molecule has 8 heteroatoms. The molecule has 0 atom stereocenters. The molecule has 0 fully saturated rings. The zero-order valence-electron chi connectivity index (χ0n) is 15.5. The van der Waals surface area contributed by atoms with E-state index in [1.807, 2.05) is 0 Å². The molecule has 0 radical (unpaired) electrons. The summed E-state index contributed by atoms with van der Waals surface area (Å²) >= 11 is 6.22. The van der Waals surface area contributed by atoms with Crippen molar-refractivity contribution < 1.29 is 9.59 Å². The molecule has 0 aliphatic carbocycles. The molecule has 0 bridgehead atoms. The van der Waals surface area contributed by atoms with Crippen LogP contribution in [0.2, 0.25) is 5.02 Å². The Morgan fingerprint density at radius 2 is 1.93 bits per heavy atom. The molecule has 0 spiro atoms. The second-order valence-electron chi connectivity index (χ2n) is 6.62. The highest BCUT2D eigenvalue weighted by atomic mass is 35.5. The van der Waals surface area contributed by atoms with E-state index in [9.17, 15) is 14.4 Å². The first-order valence-electron chi connectivity index (χ1n) is 8.69. The summed E-state index contributed by atoms with van der Waals surface area (Å²) in [6.45, 7) is 4.05. The van der Waals surface area contributed by atoms with E-state index in [0.29, 0.717) is 53.6 Å². The summed E-state index contributed by atoms with van der Waals surface area (Å²) in [5.41, 5.74) is 2.20. The maximum Gasteiger partial charge on any atom is 0.256 e. The molecule has 1 N–H and O–H groups in total. The zero-order valence-corrected chi connectivity index (χ0v) is 16.3. The molecule has 7 nitrogen and oxygen atoms in total. The van der Waals surface area contributed by atoms with E-state index in [2.05, 4.69) is 10.3 Å². The summed E-state index contributed by atoms with van der Waals surface area (Å²) in [6, 6.07) is 4.81. The predicted molar refractivity (Wildman–Crippen MR) is 103 cm³/mol. The molecule has 1 aromatic carbocycles. The van der Waals surface area contributed by atoms with Gasteiger partial charge in [0, 0.05) is 44.7 Å². The number of carbonyl (C=O) groups excluding carboxylic acids is 2. The third-order valence-electron chi connectivity index (χ3n) is 4.75. The van der Waals surface area contributed by atoms with Crippen molar-refractivity contribution in [1.29, 1.82) is 0 Å². The molecule has 27 heavy (non-hydrogen) atoms. The zero-order chi connectivity index (χ0) is 19.7. The van der Waals surface area contributed by atoms with Gasteiger partial charge in [-0.1, -0.05) is 11.6 Å². The van der Waals surface area contributed by atoms with Crippen LogP contribution < -0.4 is 10.9 Å². The van der Waals surface area contributed by atoms with Gasteiger partial charge in [0.25, 0.3) is 11.5 Å². The maximum absolute atomic E-state index is 13.0. The van der Waals surface area contributed by atoms with Crippen LogP contribution in [0.5, 0.6) is 0 Å². The van der Waals surface area contributed by atoms with Gasteiger partial charge in [0.2, 0.25) is 5.91 Å². The predicted octanol–water partition coefficient (Wildman–Crippen LogP) is 1.94. The van der Waals surface area contributed by atoms with Gasteiger partial charge in [-0.05, 0) is 31.5 Å². The number of aryl methyl sites for hydroxylation is 1. The van der Waals surface area contributed by atoms with Crippen LogP contribution in [0, 0.1) is 6.92 Å². The average molecular weight is 389 g/mol. The van der Waals surface area contributed by atoms with Crippen molar-refractivity contribution in [2.24, 2.45) is 7.05 Å². The highest BCUT2D eigenvalue weighted by Crippen LogP contribution is 2.23. The first-order chi connectivity index (χ1) is 12.8. The molecular weight excluding hydrogens is 368 g/mol. The minimum atomic E-state index is -0.228. The number of halogens is 1. The van der Waals surface area contributed by atoms with E-state index < -0.39 is 0 Å². The summed E-state index contributed by atoms with van der Waals surface area (Å²) in [5, 5.41) is 2.97. The van der Waals surface area contributed by atoms with Gasteiger partial charge in [0.05, 0.1) is 16.3 Å². The number of fused-ring (bicyclic) bond motifs is 1. The molecule has 2 aromatic rings. The first-order valence-corrected chi connectivity index (χ1v) is 9.07. The number of anilines is 1. The quantitative estimate of drug-likeness (QED) is 0.852. The van der Waals surface area contributed by atoms with Crippen molar-refractivity contribution in [3.63, 3.8) is 0 Å². The molecule has 0 saturated carbocycles. The van der Waals surface area contributed by atoms with Crippen LogP contribution in [0.4, 0.5) is 5.69 Å². The van der Waals surface area contributed by atoms with Gasteiger partial charge in [-0.3, -0.25) is 19.0 Å². The molecule has 2 heterocycles. The minimum Gasteiger partial charge on any atom is -0.338 e. The number of nitrogens with zero attached hydrogens (tertiary/aromatic N) is 3. The summed E-state index contributed by atoms with van der Waals surface area (Å²) < 4.78 is 1.53. The summed E-state index contributed by atoms with van der Waals surface area (Å²) in [7, 11) is 1.70. The van der Waals surface area contributed by atoms with E-state index in [1.54, 1.807) is 37.1 Å². The molecule has 0 saturated heterocycles.